The van der Waals surface area contributed by atoms with E-state index in [1.165, 1.54) is 11.8 Å². The summed E-state index contributed by atoms with van der Waals surface area (Å²) in [5.41, 5.74) is 1.60. The molecule has 0 aromatic heterocycles. The monoisotopic (exact) mass is 461 g/mol. The molecule has 2 aliphatic rings. The van der Waals surface area contributed by atoms with Gasteiger partial charge in [0.1, 0.15) is 22.1 Å². The quantitative estimate of drug-likeness (QED) is 0.572. The number of methoxy groups -OCH3 is 2. The number of hydrogen-bond donors (Lipinski definition) is 0. The minimum absolute atomic E-state index is 0.0589. The molecule has 2 aromatic carbocycles. The molecule has 0 saturated carbocycles. The Morgan fingerprint density at radius 3 is 2.60 bits per heavy atom. The first-order valence-corrected chi connectivity index (χ1v) is 11.2. The van der Waals surface area contributed by atoms with Crippen LogP contribution in [0.1, 0.15) is 6.92 Å². The van der Waals surface area contributed by atoms with Gasteiger partial charge in [0.2, 0.25) is 0 Å². The average molecular weight is 462 g/mol. The summed E-state index contributed by atoms with van der Waals surface area (Å²) in [5, 5.41) is 2.05. The second kappa shape index (κ2) is 8.45. The van der Waals surface area contributed by atoms with Crippen LogP contribution >= 0.6 is 35.1 Å². The zero-order valence-corrected chi connectivity index (χ0v) is 19.3. The summed E-state index contributed by atoms with van der Waals surface area (Å²) < 4.78 is 10.7. The van der Waals surface area contributed by atoms with Gasteiger partial charge in [-0.3, -0.25) is 9.69 Å². The van der Waals surface area contributed by atoms with Gasteiger partial charge in [-0.15, -0.1) is 0 Å². The zero-order valence-electron chi connectivity index (χ0n) is 16.9. The summed E-state index contributed by atoms with van der Waals surface area (Å²) in [6.45, 7) is 2.45. The number of rotatable bonds is 4. The molecule has 4 rings (SSSR count). The lowest BCUT2D eigenvalue weighted by atomic mass is 10.3. The fourth-order valence-corrected chi connectivity index (χ4v) is 5.75. The molecular formula is C21H20ClN3O3S2. The van der Waals surface area contributed by atoms with Crippen LogP contribution in [0.4, 0.5) is 11.4 Å². The number of hydrogen-bond acceptors (Lipinski definition) is 7. The van der Waals surface area contributed by atoms with E-state index in [9.17, 15) is 4.79 Å². The summed E-state index contributed by atoms with van der Waals surface area (Å²) in [5.74, 6) is 1.32. The van der Waals surface area contributed by atoms with Crippen LogP contribution in [0.5, 0.6) is 11.5 Å². The maximum absolute atomic E-state index is 13.2. The van der Waals surface area contributed by atoms with E-state index in [0.29, 0.717) is 33.1 Å². The number of halogens is 1. The lowest BCUT2D eigenvalue weighted by molar-refractivity contribution is -0.122. The van der Waals surface area contributed by atoms with Crippen LogP contribution in [-0.2, 0) is 4.79 Å². The molecule has 1 saturated heterocycles. The summed E-state index contributed by atoms with van der Waals surface area (Å²) in [7, 11) is 5.19. The minimum Gasteiger partial charge on any atom is -0.497 e. The maximum Gasteiger partial charge on any atom is 0.269 e. The van der Waals surface area contributed by atoms with Crippen LogP contribution in [0, 0.1) is 0 Å². The van der Waals surface area contributed by atoms with Crippen molar-refractivity contribution in [3.63, 3.8) is 0 Å². The van der Waals surface area contributed by atoms with Crippen LogP contribution in [0.15, 0.2) is 56.2 Å². The number of anilines is 1. The van der Waals surface area contributed by atoms with Gasteiger partial charge in [0, 0.05) is 29.6 Å². The first kappa shape index (κ1) is 21.0. The van der Waals surface area contributed by atoms with Gasteiger partial charge >= 0.3 is 0 Å². The van der Waals surface area contributed by atoms with Gasteiger partial charge < -0.3 is 14.4 Å². The SMILES string of the molecule is CCN1C(=O)C(=C2Sc3ccc(OC)cc3N2C)SC1=Nc1cc(Cl)ccc1OC. The molecule has 6 nitrogen and oxygen atoms in total. The topological polar surface area (TPSA) is 54.4 Å². The smallest absolute Gasteiger partial charge is 0.269 e. The highest BCUT2D eigenvalue weighted by molar-refractivity contribution is 8.19. The van der Waals surface area contributed by atoms with E-state index in [2.05, 4.69) is 0 Å². The van der Waals surface area contributed by atoms with Crippen molar-refractivity contribution >= 4 is 57.6 Å². The van der Waals surface area contributed by atoms with E-state index in [-0.39, 0.29) is 5.91 Å². The molecule has 1 amide bonds. The fourth-order valence-electron chi connectivity index (χ4n) is 3.20. The van der Waals surface area contributed by atoms with Crippen molar-refractivity contribution in [2.45, 2.75) is 11.8 Å². The third kappa shape index (κ3) is 3.64. The number of thioether (sulfide) groups is 2. The van der Waals surface area contributed by atoms with Gasteiger partial charge in [-0.1, -0.05) is 23.4 Å². The van der Waals surface area contributed by atoms with Gasteiger partial charge in [0.05, 0.1) is 24.9 Å². The second-order valence-electron chi connectivity index (χ2n) is 6.49. The summed E-state index contributed by atoms with van der Waals surface area (Å²) >= 11 is 9.09. The Labute approximate surface area is 188 Å². The highest BCUT2D eigenvalue weighted by Gasteiger charge is 2.38. The van der Waals surface area contributed by atoms with Crippen molar-refractivity contribution in [3.8, 4) is 11.5 Å². The second-order valence-corrected chi connectivity index (χ2v) is 8.94. The van der Waals surface area contributed by atoms with Gasteiger partial charge in [-0.2, -0.15) is 0 Å². The van der Waals surface area contributed by atoms with Gasteiger partial charge in [0.25, 0.3) is 5.91 Å². The number of aliphatic imine (C=N–C) groups is 1. The Morgan fingerprint density at radius 1 is 1.10 bits per heavy atom. The van der Waals surface area contributed by atoms with E-state index in [0.717, 1.165) is 21.4 Å². The first-order valence-electron chi connectivity index (χ1n) is 9.22. The predicted octanol–water partition coefficient (Wildman–Crippen LogP) is 5.35. The Morgan fingerprint density at radius 2 is 1.90 bits per heavy atom. The van der Waals surface area contributed by atoms with Crippen molar-refractivity contribution in [2.24, 2.45) is 4.99 Å². The molecule has 0 radical (unpaired) electrons. The largest absolute Gasteiger partial charge is 0.497 e. The van der Waals surface area contributed by atoms with E-state index in [1.807, 2.05) is 37.1 Å². The lowest BCUT2D eigenvalue weighted by Gasteiger charge is -2.15. The molecular weight excluding hydrogens is 442 g/mol. The molecule has 30 heavy (non-hydrogen) atoms. The van der Waals surface area contributed by atoms with Crippen molar-refractivity contribution in [1.29, 1.82) is 0 Å². The minimum atomic E-state index is -0.0589. The van der Waals surface area contributed by atoms with Gasteiger partial charge in [-0.25, -0.2) is 4.99 Å². The zero-order chi connectivity index (χ0) is 21.4. The first-order chi connectivity index (χ1) is 14.5. The normalized spacial score (nSPS) is 19.6. The molecule has 0 bridgehead atoms. The van der Waals surface area contributed by atoms with E-state index in [1.54, 1.807) is 49.1 Å². The number of benzene rings is 2. The van der Waals surface area contributed by atoms with Crippen LogP contribution in [0.2, 0.25) is 5.02 Å². The van der Waals surface area contributed by atoms with Gasteiger partial charge in [0.15, 0.2) is 5.17 Å². The summed E-state index contributed by atoms with van der Waals surface area (Å²) in [6, 6.07) is 11.2. The number of amidine groups is 1. The van der Waals surface area contributed by atoms with Crippen LogP contribution < -0.4 is 14.4 Å². The Balaban J connectivity index is 1.74. The average Bonchev–Trinajstić information content (AvgIpc) is 3.23. The maximum atomic E-state index is 13.2. The van der Waals surface area contributed by atoms with E-state index >= 15 is 0 Å². The molecule has 0 aliphatic carbocycles. The van der Waals surface area contributed by atoms with E-state index in [4.69, 9.17) is 26.1 Å². The van der Waals surface area contributed by atoms with Crippen LogP contribution in [0.25, 0.3) is 0 Å². The van der Waals surface area contributed by atoms with Gasteiger partial charge in [-0.05, 0) is 49.0 Å². The molecule has 156 valence electrons. The Bertz CT molecular complexity index is 1090. The third-order valence-corrected chi connectivity index (χ3v) is 7.44. The molecule has 2 aliphatic heterocycles. The Hall–Kier alpha value is -2.29. The summed E-state index contributed by atoms with van der Waals surface area (Å²) in [4.78, 5) is 23.4. The molecule has 0 spiro atoms. The predicted molar refractivity (Wildman–Crippen MR) is 124 cm³/mol. The highest BCUT2D eigenvalue weighted by atomic mass is 35.5. The highest BCUT2D eigenvalue weighted by Crippen LogP contribution is 2.51. The van der Waals surface area contributed by atoms with Crippen molar-refractivity contribution < 1.29 is 14.3 Å². The molecule has 0 atom stereocenters. The third-order valence-electron chi connectivity index (χ3n) is 4.77. The number of amides is 1. The molecule has 2 heterocycles. The fraction of sp³-hybridized carbons (Fsp3) is 0.238. The van der Waals surface area contributed by atoms with Crippen molar-refractivity contribution in [2.75, 3.05) is 32.7 Å². The number of carbonyl (C=O) groups is 1. The number of ether oxygens (including phenoxy) is 2. The standard InChI is InChI=1S/C21H20ClN3O3S2/c1-5-25-19(26)18(20-24(2)15-11-13(27-3)7-9-17(15)29-20)30-21(25)23-14-10-12(22)6-8-16(14)28-4/h6-11H,5H2,1-4H3. The number of nitrogens with zero attached hydrogens (tertiary/aromatic N) is 3. The van der Waals surface area contributed by atoms with Crippen LogP contribution in [0.3, 0.4) is 0 Å². The van der Waals surface area contributed by atoms with Crippen molar-refractivity contribution in [3.05, 3.63) is 51.4 Å². The number of fused-ring (bicyclic) bond motifs is 1. The molecule has 2 aromatic rings. The molecule has 0 N–H and O–H groups in total. The number of carbonyl (C=O) groups excluding carboxylic acids is 1. The summed E-state index contributed by atoms with van der Waals surface area (Å²) in [6.07, 6.45) is 0. The van der Waals surface area contributed by atoms with E-state index < -0.39 is 0 Å². The Kier molecular flexibility index (Phi) is 5.90. The lowest BCUT2D eigenvalue weighted by Crippen LogP contribution is -2.29. The molecule has 1 fully saturated rings. The molecule has 9 heteroatoms. The van der Waals surface area contributed by atoms with Crippen LogP contribution in [-0.4, -0.2) is 43.8 Å². The number of likely N-dealkylation sites (N-methyl/N-ethyl adjacent to an activating group) is 1. The molecule has 0 unspecified atom stereocenters. The van der Waals surface area contributed by atoms with Crippen molar-refractivity contribution in [1.82, 2.24) is 4.90 Å².